The van der Waals surface area contributed by atoms with Crippen LogP contribution in [-0.2, 0) is 0 Å². The summed E-state index contributed by atoms with van der Waals surface area (Å²) in [4.78, 5) is 16.8. The Balaban J connectivity index is 1.88. The van der Waals surface area contributed by atoms with Crippen molar-refractivity contribution >= 4 is 19.3 Å². The molecule has 0 aliphatic carbocycles. The van der Waals surface area contributed by atoms with Crippen LogP contribution in [0.2, 0.25) is 0 Å². The highest BCUT2D eigenvalue weighted by atomic mass is 16.4. The molecule has 1 amide bonds. The Bertz CT molecular complexity index is 864. The Kier molecular flexibility index (Phi) is 2.85. The Labute approximate surface area is 126 Å². The fraction of sp³-hybridized carbons (Fsp3) is 0. The van der Waals surface area contributed by atoms with Crippen LogP contribution in [0.3, 0.4) is 0 Å². The van der Waals surface area contributed by atoms with Gasteiger partial charge in [-0.15, -0.1) is 10.2 Å². The second-order valence-corrected chi connectivity index (χ2v) is 4.64. The number of carbonyl (C=O) groups is 1. The van der Waals surface area contributed by atoms with Crippen LogP contribution in [0.4, 0.5) is 5.82 Å². The van der Waals surface area contributed by atoms with E-state index in [-0.39, 0.29) is 5.91 Å². The zero-order chi connectivity index (χ0) is 14.9. The van der Waals surface area contributed by atoms with Crippen LogP contribution >= 0.6 is 0 Å². The molecule has 105 valence electrons. The van der Waals surface area contributed by atoms with Gasteiger partial charge in [0, 0.05) is 0 Å². The van der Waals surface area contributed by atoms with E-state index in [1.807, 2.05) is 0 Å². The molecule has 1 aliphatic heterocycles. The Morgan fingerprint density at radius 3 is 3.00 bits per heavy atom. The lowest BCUT2D eigenvalue weighted by Gasteiger charge is -2.10. The zero-order valence-electron chi connectivity index (χ0n) is 11.3. The maximum absolute atomic E-state index is 12.4. The van der Waals surface area contributed by atoms with Crippen LogP contribution in [0.25, 0.3) is 11.5 Å². The number of fused-ring (bicyclic) bond motifs is 5. The third-order valence-electron chi connectivity index (χ3n) is 3.22. The number of nitrogens with zero attached hydrogens (tertiary/aromatic N) is 4. The lowest BCUT2D eigenvalue weighted by molar-refractivity contribution is 0.102. The predicted molar refractivity (Wildman–Crippen MR) is 79.4 cm³/mol. The average Bonchev–Trinajstić information content (AvgIpc) is 3.01. The highest BCUT2D eigenvalue weighted by Gasteiger charge is 2.18. The highest BCUT2D eigenvalue weighted by molar-refractivity contribution is 6.27. The maximum atomic E-state index is 12.4. The number of amides is 1. The van der Waals surface area contributed by atoms with Gasteiger partial charge in [-0.05, 0) is 24.3 Å². The number of anilines is 1. The van der Waals surface area contributed by atoms with E-state index in [4.69, 9.17) is 4.65 Å². The van der Waals surface area contributed by atoms with E-state index in [2.05, 4.69) is 20.5 Å². The van der Waals surface area contributed by atoms with Gasteiger partial charge in [-0.2, -0.15) is 0 Å². The normalized spacial score (nSPS) is 12.8. The molecule has 0 unspecified atom stereocenters. The van der Waals surface area contributed by atoms with Crippen LogP contribution in [0, 0.1) is 0 Å². The topological polar surface area (TPSA) is 81.9 Å². The van der Waals surface area contributed by atoms with Crippen LogP contribution < -0.4 is 9.97 Å². The van der Waals surface area contributed by atoms with Crippen LogP contribution in [-0.4, -0.2) is 33.2 Å². The highest BCUT2D eigenvalue weighted by Crippen LogP contribution is 2.22. The Hall–Kier alpha value is -3.16. The van der Waals surface area contributed by atoms with Gasteiger partial charge < -0.3 is 14.4 Å². The number of pyridine rings is 1. The first-order valence-electron chi connectivity index (χ1n) is 6.58. The Morgan fingerprint density at radius 2 is 2.05 bits per heavy atom. The molecule has 0 atom stereocenters. The molecule has 4 rings (SSSR count). The second-order valence-electron chi connectivity index (χ2n) is 4.64. The molecule has 2 aromatic heterocycles. The molecule has 22 heavy (non-hydrogen) atoms. The van der Waals surface area contributed by atoms with Gasteiger partial charge in [0.05, 0.1) is 5.56 Å². The first-order valence-corrected chi connectivity index (χ1v) is 6.58. The van der Waals surface area contributed by atoms with E-state index in [1.54, 1.807) is 46.9 Å². The molecule has 3 heterocycles. The van der Waals surface area contributed by atoms with Crippen LogP contribution in [0.15, 0.2) is 48.8 Å². The van der Waals surface area contributed by atoms with Gasteiger partial charge in [-0.3, -0.25) is 4.79 Å². The molecule has 8 heteroatoms. The van der Waals surface area contributed by atoms with Crippen molar-refractivity contribution in [3.8, 4) is 17.3 Å². The van der Waals surface area contributed by atoms with Crippen molar-refractivity contribution < 1.29 is 9.45 Å². The number of hydrogen-bond donors (Lipinski definition) is 1. The van der Waals surface area contributed by atoms with E-state index in [0.717, 1.165) is 0 Å². The predicted octanol–water partition coefficient (Wildman–Crippen LogP) is 1.37. The minimum atomic E-state index is -0.286. The molecule has 0 saturated heterocycles. The van der Waals surface area contributed by atoms with E-state index >= 15 is 0 Å². The smallest absolute Gasteiger partial charge is 0.528 e. The first-order chi connectivity index (χ1) is 10.8. The fourth-order valence-corrected chi connectivity index (χ4v) is 2.19. The number of carbonyl (C=O) groups excluding carboxylic acids is 1. The first kappa shape index (κ1) is 12.6. The van der Waals surface area contributed by atoms with Crippen molar-refractivity contribution in [2.45, 2.75) is 0 Å². The van der Waals surface area contributed by atoms with Gasteiger partial charge >= 0.3 is 7.62 Å². The largest absolute Gasteiger partial charge is 0.542 e. The summed E-state index contributed by atoms with van der Waals surface area (Å²) >= 11 is 0. The van der Waals surface area contributed by atoms with E-state index in [1.165, 1.54) is 13.9 Å². The minimum absolute atomic E-state index is 0.286. The van der Waals surface area contributed by atoms with Gasteiger partial charge in [0.2, 0.25) is 0 Å². The molecule has 2 bridgehead atoms. The van der Waals surface area contributed by atoms with Gasteiger partial charge in [0.1, 0.15) is 23.6 Å². The van der Waals surface area contributed by atoms with Crippen molar-refractivity contribution in [3.63, 3.8) is 0 Å². The quantitative estimate of drug-likeness (QED) is 0.632. The van der Waals surface area contributed by atoms with E-state index in [9.17, 15) is 4.79 Å². The van der Waals surface area contributed by atoms with Crippen LogP contribution in [0.1, 0.15) is 10.4 Å². The summed E-state index contributed by atoms with van der Waals surface area (Å²) in [6.07, 6.45) is 1.51. The number of aromatic nitrogens is 4. The molecule has 7 nitrogen and oxygen atoms in total. The standard InChI is InChI=1S/C14H9BN5O2/c21-14-9-4-1-2-6-11(9)22-15-20-8-16-19-13(20)10-5-3-7-12(17-10)18-14/h1-8H,(H,17,18,21). The summed E-state index contributed by atoms with van der Waals surface area (Å²) in [7, 11) is 1.45. The number of nitrogens with one attached hydrogen (secondary N) is 1. The summed E-state index contributed by atoms with van der Waals surface area (Å²) in [5.74, 6) is 1.12. The molecular weight excluding hydrogens is 281 g/mol. The van der Waals surface area contributed by atoms with Gasteiger partial charge in [-0.1, -0.05) is 18.2 Å². The molecule has 1 aliphatic rings. The summed E-state index contributed by atoms with van der Waals surface area (Å²) in [5.41, 5.74) is 1.00. The van der Waals surface area contributed by atoms with Crippen molar-refractivity contribution in [1.82, 2.24) is 19.7 Å². The molecule has 0 fully saturated rings. The fourth-order valence-electron chi connectivity index (χ4n) is 2.19. The lowest BCUT2D eigenvalue weighted by Crippen LogP contribution is -2.17. The SMILES string of the molecule is O=C1Nc2cccc(n2)-c2nncn2[B]Oc2ccccc21. The number of para-hydroxylation sites is 1. The van der Waals surface area contributed by atoms with Gasteiger partial charge in [0.25, 0.3) is 5.91 Å². The Morgan fingerprint density at radius 1 is 1.14 bits per heavy atom. The molecular formula is C14H9BN5O2. The molecule has 0 spiro atoms. The summed E-state index contributed by atoms with van der Waals surface area (Å²) in [5, 5.41) is 10.7. The number of rotatable bonds is 0. The molecule has 0 saturated carbocycles. The minimum Gasteiger partial charge on any atom is -0.542 e. The number of hydrogen-bond acceptors (Lipinski definition) is 5. The summed E-state index contributed by atoms with van der Waals surface area (Å²) in [6, 6.07) is 12.3. The molecule has 1 aromatic carbocycles. The van der Waals surface area contributed by atoms with Gasteiger partial charge in [-0.25, -0.2) is 4.98 Å². The molecule has 3 aromatic rings. The van der Waals surface area contributed by atoms with Crippen molar-refractivity contribution in [2.75, 3.05) is 5.32 Å². The zero-order valence-corrected chi connectivity index (χ0v) is 11.3. The van der Waals surface area contributed by atoms with Crippen LogP contribution in [0.5, 0.6) is 5.75 Å². The van der Waals surface area contributed by atoms with Gasteiger partial charge in [0.15, 0.2) is 5.82 Å². The van der Waals surface area contributed by atoms with E-state index in [0.29, 0.717) is 28.6 Å². The summed E-state index contributed by atoms with van der Waals surface area (Å²) in [6.45, 7) is 0. The third kappa shape index (κ3) is 2.10. The van der Waals surface area contributed by atoms with E-state index < -0.39 is 0 Å². The van der Waals surface area contributed by atoms with Crippen molar-refractivity contribution in [1.29, 1.82) is 0 Å². The molecule has 1 radical (unpaired) electrons. The monoisotopic (exact) mass is 290 g/mol. The van der Waals surface area contributed by atoms with Crippen molar-refractivity contribution in [3.05, 3.63) is 54.4 Å². The molecule has 1 N–H and O–H groups in total. The maximum Gasteiger partial charge on any atom is 0.528 e. The van der Waals surface area contributed by atoms with Crippen molar-refractivity contribution in [2.24, 2.45) is 0 Å². The summed E-state index contributed by atoms with van der Waals surface area (Å²) < 4.78 is 7.23. The number of benzene rings is 1. The second kappa shape index (κ2) is 4.99. The average molecular weight is 290 g/mol. The lowest BCUT2D eigenvalue weighted by atomic mass is 10.1. The third-order valence-corrected chi connectivity index (χ3v) is 3.22.